The minimum absolute atomic E-state index is 0.632. The highest BCUT2D eigenvalue weighted by molar-refractivity contribution is 4.27. The molecular weight excluding hydrogens is 120 g/mol. The molecule has 0 N–H and O–H groups in total. The van der Waals surface area contributed by atoms with Gasteiger partial charge < -0.3 is 0 Å². The molecule has 0 aromatic rings. The lowest BCUT2D eigenvalue weighted by Crippen LogP contribution is -2.31. The lowest BCUT2D eigenvalue weighted by atomic mass is 10.9. The molecule has 0 aromatic carbocycles. The van der Waals surface area contributed by atoms with E-state index in [4.69, 9.17) is 9.68 Å². The van der Waals surface area contributed by atoms with Crippen LogP contribution in [0.15, 0.2) is 0 Å². The SMILES string of the molecule is CON(CN(C)C)OC. The molecule has 56 valence electrons. The van der Waals surface area contributed by atoms with E-state index < -0.39 is 0 Å². The first kappa shape index (κ1) is 8.84. The number of rotatable bonds is 4. The fourth-order valence-corrected chi connectivity index (χ4v) is 0.421. The van der Waals surface area contributed by atoms with Gasteiger partial charge in [0.05, 0.1) is 14.2 Å². The molecule has 0 unspecified atom stereocenters. The molecule has 0 aliphatic carbocycles. The maximum atomic E-state index is 4.78. The zero-order chi connectivity index (χ0) is 7.28. The summed E-state index contributed by atoms with van der Waals surface area (Å²) in [7, 11) is 7.00. The Balaban J connectivity index is 3.31. The Kier molecular flexibility index (Phi) is 4.61. The third-order valence-electron chi connectivity index (χ3n) is 0.806. The first-order chi connectivity index (χ1) is 4.20. The fraction of sp³-hybridized carbons (Fsp3) is 1.00. The van der Waals surface area contributed by atoms with Gasteiger partial charge in [-0.2, -0.15) is 0 Å². The number of nitrogens with zero attached hydrogens (tertiary/aromatic N) is 2. The van der Waals surface area contributed by atoms with Crippen molar-refractivity contribution in [2.45, 2.75) is 0 Å². The third kappa shape index (κ3) is 4.35. The molecule has 0 heterocycles. The summed E-state index contributed by atoms with van der Waals surface area (Å²) in [6, 6.07) is 0. The van der Waals surface area contributed by atoms with Gasteiger partial charge in [-0.25, -0.2) is 0 Å². The Morgan fingerprint density at radius 2 is 1.56 bits per heavy atom. The highest BCUT2D eigenvalue weighted by atomic mass is 16.9. The maximum absolute atomic E-state index is 4.78. The van der Waals surface area contributed by atoms with Gasteiger partial charge >= 0.3 is 0 Å². The molecule has 4 nitrogen and oxygen atoms in total. The second-order valence-electron chi connectivity index (χ2n) is 1.92. The van der Waals surface area contributed by atoms with Gasteiger partial charge in [0.25, 0.3) is 0 Å². The quantitative estimate of drug-likeness (QED) is 0.397. The molecule has 0 rings (SSSR count). The normalized spacial score (nSPS) is 11.3. The first-order valence-electron chi connectivity index (χ1n) is 2.71. The summed E-state index contributed by atoms with van der Waals surface area (Å²) in [5, 5.41) is 1.38. The molecule has 0 aliphatic heterocycles. The van der Waals surface area contributed by atoms with Crippen LogP contribution in [0.4, 0.5) is 0 Å². The molecule has 0 radical (unpaired) electrons. The summed E-state index contributed by atoms with van der Waals surface area (Å²) in [6.45, 7) is 0.632. The van der Waals surface area contributed by atoms with Gasteiger partial charge in [0.1, 0.15) is 6.67 Å². The number of hydrogen-bond donors (Lipinski definition) is 0. The average Bonchev–Trinajstić information content (AvgIpc) is 1.82. The molecule has 0 atom stereocenters. The smallest absolute Gasteiger partial charge is 0.103 e. The highest BCUT2D eigenvalue weighted by Gasteiger charge is 2.00. The molecule has 0 saturated heterocycles. The van der Waals surface area contributed by atoms with Gasteiger partial charge in [0.15, 0.2) is 0 Å². The van der Waals surface area contributed by atoms with Crippen LogP contribution < -0.4 is 0 Å². The Morgan fingerprint density at radius 1 is 1.11 bits per heavy atom. The Hall–Kier alpha value is -0.160. The molecule has 0 fully saturated rings. The van der Waals surface area contributed by atoms with E-state index in [2.05, 4.69) is 0 Å². The number of hydroxylamine groups is 2. The summed E-state index contributed by atoms with van der Waals surface area (Å²) < 4.78 is 0. The van der Waals surface area contributed by atoms with Crippen molar-refractivity contribution in [1.82, 2.24) is 10.1 Å². The van der Waals surface area contributed by atoms with Crippen molar-refractivity contribution < 1.29 is 9.68 Å². The van der Waals surface area contributed by atoms with Crippen LogP contribution in [0, 0.1) is 0 Å². The van der Waals surface area contributed by atoms with Crippen molar-refractivity contribution in [2.24, 2.45) is 0 Å². The van der Waals surface area contributed by atoms with E-state index in [1.54, 1.807) is 14.2 Å². The Morgan fingerprint density at radius 3 is 1.67 bits per heavy atom. The van der Waals surface area contributed by atoms with Crippen LogP contribution >= 0.6 is 0 Å². The van der Waals surface area contributed by atoms with E-state index in [1.165, 1.54) is 5.23 Å². The largest absolute Gasteiger partial charge is 0.293 e. The fourth-order valence-electron chi connectivity index (χ4n) is 0.421. The van der Waals surface area contributed by atoms with Gasteiger partial charge in [-0.05, 0) is 14.1 Å². The van der Waals surface area contributed by atoms with Crippen molar-refractivity contribution >= 4 is 0 Å². The average molecular weight is 134 g/mol. The monoisotopic (exact) mass is 134 g/mol. The van der Waals surface area contributed by atoms with Crippen molar-refractivity contribution in [3.8, 4) is 0 Å². The topological polar surface area (TPSA) is 24.9 Å². The van der Waals surface area contributed by atoms with Crippen LogP contribution in [-0.2, 0) is 9.68 Å². The molecule has 0 aliphatic rings. The van der Waals surface area contributed by atoms with Crippen molar-refractivity contribution in [3.63, 3.8) is 0 Å². The molecule has 0 spiro atoms. The zero-order valence-corrected chi connectivity index (χ0v) is 6.42. The van der Waals surface area contributed by atoms with Gasteiger partial charge in [-0.15, -0.1) is 0 Å². The summed E-state index contributed by atoms with van der Waals surface area (Å²) in [6.07, 6.45) is 0. The van der Waals surface area contributed by atoms with Gasteiger partial charge in [0.2, 0.25) is 0 Å². The van der Waals surface area contributed by atoms with E-state index in [-0.39, 0.29) is 0 Å². The van der Waals surface area contributed by atoms with Gasteiger partial charge in [0, 0.05) is 0 Å². The maximum Gasteiger partial charge on any atom is 0.103 e. The minimum Gasteiger partial charge on any atom is -0.293 e. The van der Waals surface area contributed by atoms with Crippen LogP contribution in [0.3, 0.4) is 0 Å². The standard InChI is InChI=1S/C5H14N2O2/c1-6(2)5-7(8-3)9-4/h5H2,1-4H3. The van der Waals surface area contributed by atoms with E-state index >= 15 is 0 Å². The second-order valence-corrected chi connectivity index (χ2v) is 1.92. The van der Waals surface area contributed by atoms with Crippen molar-refractivity contribution in [2.75, 3.05) is 35.0 Å². The third-order valence-corrected chi connectivity index (χ3v) is 0.806. The van der Waals surface area contributed by atoms with E-state index in [0.717, 1.165) is 0 Å². The van der Waals surface area contributed by atoms with E-state index in [1.807, 2.05) is 19.0 Å². The summed E-state index contributed by atoms with van der Waals surface area (Å²) in [5.74, 6) is 0. The molecule has 0 amide bonds. The van der Waals surface area contributed by atoms with Crippen molar-refractivity contribution in [3.05, 3.63) is 0 Å². The van der Waals surface area contributed by atoms with Crippen LogP contribution in [0.25, 0.3) is 0 Å². The predicted molar refractivity (Wildman–Crippen MR) is 34.4 cm³/mol. The molecule has 0 aromatic heterocycles. The molecule has 9 heavy (non-hydrogen) atoms. The molecular formula is C5H14N2O2. The van der Waals surface area contributed by atoms with Crippen molar-refractivity contribution in [1.29, 1.82) is 0 Å². The number of hydrogen-bond acceptors (Lipinski definition) is 4. The van der Waals surface area contributed by atoms with Gasteiger partial charge in [-0.1, -0.05) is 5.23 Å². The Bertz CT molecular complexity index is 64.0. The van der Waals surface area contributed by atoms with Gasteiger partial charge in [-0.3, -0.25) is 14.6 Å². The van der Waals surface area contributed by atoms with Crippen LogP contribution in [0.2, 0.25) is 0 Å². The molecule has 0 saturated carbocycles. The molecule has 0 bridgehead atoms. The lowest BCUT2D eigenvalue weighted by Gasteiger charge is -2.19. The first-order valence-corrected chi connectivity index (χ1v) is 2.71. The summed E-state index contributed by atoms with van der Waals surface area (Å²) in [5.41, 5.74) is 0. The highest BCUT2D eigenvalue weighted by Crippen LogP contribution is 1.87. The zero-order valence-electron chi connectivity index (χ0n) is 6.42. The van der Waals surface area contributed by atoms with Crippen LogP contribution in [0.1, 0.15) is 0 Å². The minimum atomic E-state index is 0.632. The van der Waals surface area contributed by atoms with Crippen LogP contribution in [0.5, 0.6) is 0 Å². The Labute approximate surface area is 55.9 Å². The lowest BCUT2D eigenvalue weighted by molar-refractivity contribution is -0.354. The van der Waals surface area contributed by atoms with E-state index in [0.29, 0.717) is 6.67 Å². The van der Waals surface area contributed by atoms with Crippen LogP contribution in [-0.4, -0.2) is 45.1 Å². The predicted octanol–water partition coefficient (Wildman–Crippen LogP) is -0.0697. The summed E-state index contributed by atoms with van der Waals surface area (Å²) in [4.78, 5) is 11.5. The second kappa shape index (κ2) is 4.69. The molecule has 4 heteroatoms. The summed E-state index contributed by atoms with van der Waals surface area (Å²) >= 11 is 0. The van der Waals surface area contributed by atoms with E-state index in [9.17, 15) is 0 Å².